The maximum absolute atomic E-state index is 13.2. The van der Waals surface area contributed by atoms with Gasteiger partial charge in [0, 0.05) is 12.2 Å². The molecule has 4 heteroatoms. The molecule has 0 bridgehead atoms. The minimum absolute atomic E-state index is 0.252. The van der Waals surface area contributed by atoms with Crippen molar-refractivity contribution in [2.75, 3.05) is 5.32 Å². The number of hydrogen-bond donors (Lipinski definition) is 1. The molecule has 3 aromatic carbocycles. The van der Waals surface area contributed by atoms with Crippen LogP contribution in [-0.4, -0.2) is 0 Å². The van der Waals surface area contributed by atoms with Crippen molar-refractivity contribution in [1.82, 2.24) is 0 Å². The summed E-state index contributed by atoms with van der Waals surface area (Å²) in [5, 5.41) is 3.48. The number of ether oxygens (including phenoxy) is 1. The van der Waals surface area contributed by atoms with Crippen LogP contribution in [-0.2, 0) is 13.2 Å². The predicted octanol–water partition coefficient (Wildman–Crippen LogP) is 6.40. The van der Waals surface area contributed by atoms with E-state index in [2.05, 4.69) is 53.3 Å². The average molecular weight is 414 g/mol. The Labute approximate surface area is 162 Å². The highest BCUT2D eigenvalue weighted by Gasteiger charge is 2.05. The number of rotatable bonds is 6. The maximum Gasteiger partial charge on any atom is 0.134 e. The lowest BCUT2D eigenvalue weighted by atomic mass is 10.1. The Hall–Kier alpha value is -2.33. The summed E-state index contributed by atoms with van der Waals surface area (Å²) in [6, 6.07) is 18.8. The summed E-state index contributed by atoms with van der Waals surface area (Å²) in [5.74, 6) is 0.489. The van der Waals surface area contributed by atoms with Crippen LogP contribution in [0.3, 0.4) is 0 Å². The standard InChI is InChI=1S/C22H21BrFNO/c1-15-6-7-16(2)21(10-15)25-13-17-8-9-22(20(23)12-17)26-14-18-4-3-5-19(24)11-18/h3-12,25H,13-14H2,1-2H3. The second-order valence-corrected chi connectivity index (χ2v) is 7.21. The molecular formula is C22H21BrFNO. The first kappa shape index (κ1) is 18.5. The van der Waals surface area contributed by atoms with Gasteiger partial charge in [-0.1, -0.05) is 30.3 Å². The van der Waals surface area contributed by atoms with Gasteiger partial charge in [0.15, 0.2) is 0 Å². The van der Waals surface area contributed by atoms with Crippen molar-refractivity contribution in [3.8, 4) is 5.75 Å². The molecule has 0 radical (unpaired) electrons. The zero-order valence-corrected chi connectivity index (χ0v) is 16.4. The lowest BCUT2D eigenvalue weighted by Crippen LogP contribution is -2.02. The van der Waals surface area contributed by atoms with E-state index in [4.69, 9.17) is 4.74 Å². The number of hydrogen-bond acceptors (Lipinski definition) is 2. The molecule has 0 unspecified atom stereocenters. The van der Waals surface area contributed by atoms with Gasteiger partial charge in [-0.05, 0) is 82.4 Å². The van der Waals surface area contributed by atoms with Gasteiger partial charge in [0.25, 0.3) is 0 Å². The Morgan fingerprint density at radius 2 is 1.81 bits per heavy atom. The molecule has 0 saturated carbocycles. The fraction of sp³-hybridized carbons (Fsp3) is 0.182. The fourth-order valence-corrected chi connectivity index (χ4v) is 3.22. The van der Waals surface area contributed by atoms with E-state index in [9.17, 15) is 4.39 Å². The van der Waals surface area contributed by atoms with E-state index in [1.165, 1.54) is 23.3 Å². The first-order chi connectivity index (χ1) is 12.5. The molecule has 0 atom stereocenters. The van der Waals surface area contributed by atoms with Crippen molar-refractivity contribution in [2.45, 2.75) is 27.0 Å². The summed E-state index contributed by atoms with van der Waals surface area (Å²) in [6.45, 7) is 5.25. The minimum Gasteiger partial charge on any atom is -0.488 e. The molecule has 0 aliphatic rings. The van der Waals surface area contributed by atoms with Gasteiger partial charge >= 0.3 is 0 Å². The van der Waals surface area contributed by atoms with Crippen LogP contribution in [0.4, 0.5) is 10.1 Å². The van der Waals surface area contributed by atoms with Gasteiger partial charge in [-0.15, -0.1) is 0 Å². The van der Waals surface area contributed by atoms with Crippen molar-refractivity contribution >= 4 is 21.6 Å². The number of aryl methyl sites for hydroxylation is 2. The Morgan fingerprint density at radius 1 is 0.962 bits per heavy atom. The van der Waals surface area contributed by atoms with E-state index in [0.717, 1.165) is 33.6 Å². The second kappa shape index (κ2) is 8.37. The van der Waals surface area contributed by atoms with Crippen LogP contribution < -0.4 is 10.1 Å². The highest BCUT2D eigenvalue weighted by molar-refractivity contribution is 9.10. The monoisotopic (exact) mass is 413 g/mol. The molecule has 0 aliphatic heterocycles. The Kier molecular flexibility index (Phi) is 5.94. The number of halogens is 2. The molecule has 2 nitrogen and oxygen atoms in total. The first-order valence-electron chi connectivity index (χ1n) is 8.48. The summed E-state index contributed by atoms with van der Waals surface area (Å²) in [5.41, 5.74) is 5.56. The van der Waals surface area contributed by atoms with Crippen molar-refractivity contribution in [3.63, 3.8) is 0 Å². The van der Waals surface area contributed by atoms with Crippen molar-refractivity contribution in [3.05, 3.63) is 93.2 Å². The molecule has 0 saturated heterocycles. The Bertz CT molecular complexity index is 910. The van der Waals surface area contributed by atoms with Gasteiger partial charge in [0.2, 0.25) is 0 Å². The Balaban J connectivity index is 1.62. The zero-order chi connectivity index (χ0) is 18.5. The normalized spacial score (nSPS) is 10.6. The van der Waals surface area contributed by atoms with Gasteiger partial charge in [-0.25, -0.2) is 4.39 Å². The van der Waals surface area contributed by atoms with E-state index in [1.807, 2.05) is 24.3 Å². The summed E-state index contributed by atoms with van der Waals surface area (Å²) < 4.78 is 19.9. The van der Waals surface area contributed by atoms with Gasteiger partial charge in [-0.3, -0.25) is 0 Å². The zero-order valence-electron chi connectivity index (χ0n) is 14.9. The smallest absolute Gasteiger partial charge is 0.134 e. The minimum atomic E-state index is -0.252. The molecule has 134 valence electrons. The lowest BCUT2D eigenvalue weighted by molar-refractivity contribution is 0.303. The molecule has 0 aliphatic carbocycles. The van der Waals surface area contributed by atoms with E-state index in [1.54, 1.807) is 6.07 Å². The van der Waals surface area contributed by atoms with E-state index in [-0.39, 0.29) is 5.82 Å². The topological polar surface area (TPSA) is 21.3 Å². The van der Waals surface area contributed by atoms with Gasteiger partial charge < -0.3 is 10.1 Å². The van der Waals surface area contributed by atoms with Crippen LogP contribution in [0.2, 0.25) is 0 Å². The SMILES string of the molecule is Cc1ccc(C)c(NCc2ccc(OCc3cccc(F)c3)c(Br)c2)c1. The van der Waals surface area contributed by atoms with Crippen molar-refractivity contribution in [1.29, 1.82) is 0 Å². The summed E-state index contributed by atoms with van der Waals surface area (Å²) in [6.07, 6.45) is 0. The summed E-state index contributed by atoms with van der Waals surface area (Å²) in [7, 11) is 0. The predicted molar refractivity (Wildman–Crippen MR) is 108 cm³/mol. The van der Waals surface area contributed by atoms with Crippen molar-refractivity contribution < 1.29 is 9.13 Å². The molecular weight excluding hydrogens is 393 g/mol. The Morgan fingerprint density at radius 3 is 2.58 bits per heavy atom. The van der Waals surface area contributed by atoms with Crippen LogP contribution >= 0.6 is 15.9 Å². The highest BCUT2D eigenvalue weighted by atomic mass is 79.9. The summed E-state index contributed by atoms with van der Waals surface area (Å²) in [4.78, 5) is 0. The second-order valence-electron chi connectivity index (χ2n) is 6.36. The molecule has 0 spiro atoms. The molecule has 0 heterocycles. The molecule has 3 rings (SSSR count). The van der Waals surface area contributed by atoms with Gasteiger partial charge in [0.05, 0.1) is 4.47 Å². The van der Waals surface area contributed by atoms with Crippen LogP contribution in [0.5, 0.6) is 5.75 Å². The van der Waals surface area contributed by atoms with Gasteiger partial charge in [-0.2, -0.15) is 0 Å². The third-order valence-corrected chi connectivity index (χ3v) is 4.78. The van der Waals surface area contributed by atoms with Crippen LogP contribution in [0.15, 0.2) is 65.1 Å². The number of benzene rings is 3. The molecule has 3 aromatic rings. The van der Waals surface area contributed by atoms with Crippen LogP contribution in [0.25, 0.3) is 0 Å². The average Bonchev–Trinajstić information content (AvgIpc) is 2.62. The van der Waals surface area contributed by atoms with Crippen LogP contribution in [0, 0.1) is 19.7 Å². The molecule has 0 aromatic heterocycles. The molecule has 0 fully saturated rings. The maximum atomic E-state index is 13.2. The highest BCUT2D eigenvalue weighted by Crippen LogP contribution is 2.27. The quantitative estimate of drug-likeness (QED) is 0.504. The van der Waals surface area contributed by atoms with E-state index < -0.39 is 0 Å². The van der Waals surface area contributed by atoms with Crippen LogP contribution in [0.1, 0.15) is 22.3 Å². The molecule has 1 N–H and O–H groups in total. The third kappa shape index (κ3) is 4.85. The lowest BCUT2D eigenvalue weighted by Gasteiger charge is -2.13. The number of anilines is 1. The van der Waals surface area contributed by atoms with E-state index >= 15 is 0 Å². The molecule has 26 heavy (non-hydrogen) atoms. The molecule has 0 amide bonds. The van der Waals surface area contributed by atoms with Gasteiger partial charge in [0.1, 0.15) is 18.2 Å². The number of nitrogens with one attached hydrogen (secondary N) is 1. The third-order valence-electron chi connectivity index (χ3n) is 4.16. The summed E-state index contributed by atoms with van der Waals surface area (Å²) >= 11 is 3.56. The van der Waals surface area contributed by atoms with E-state index in [0.29, 0.717) is 6.61 Å². The van der Waals surface area contributed by atoms with Crippen molar-refractivity contribution in [2.24, 2.45) is 0 Å². The fourth-order valence-electron chi connectivity index (χ4n) is 2.68. The largest absolute Gasteiger partial charge is 0.488 e. The first-order valence-corrected chi connectivity index (χ1v) is 9.27.